The van der Waals surface area contributed by atoms with Crippen molar-refractivity contribution in [3.63, 3.8) is 0 Å². The summed E-state index contributed by atoms with van der Waals surface area (Å²) < 4.78 is 24.3. The smallest absolute Gasteiger partial charge is 0.350 e. The topological polar surface area (TPSA) is 55.8 Å². The summed E-state index contributed by atoms with van der Waals surface area (Å²) in [5, 5.41) is 0.799. The van der Waals surface area contributed by atoms with Gasteiger partial charge in [-0.3, -0.25) is 4.79 Å². The molecule has 1 atom stereocenters. The fourth-order valence-electron chi connectivity index (χ4n) is 2.48. The van der Waals surface area contributed by atoms with Gasteiger partial charge in [-0.05, 0) is 25.1 Å². The zero-order valence-electron chi connectivity index (χ0n) is 12.9. The third-order valence-corrected chi connectivity index (χ3v) is 5.37. The van der Waals surface area contributed by atoms with E-state index in [9.17, 15) is 14.0 Å². The number of benzene rings is 1. The second-order valence-corrected chi connectivity index (χ2v) is 6.80. The molecule has 5 nitrogen and oxygen atoms in total. The van der Waals surface area contributed by atoms with Crippen molar-refractivity contribution in [2.24, 2.45) is 0 Å². The van der Waals surface area contributed by atoms with Gasteiger partial charge in [0.2, 0.25) is 0 Å². The van der Waals surface area contributed by atoms with Gasteiger partial charge in [-0.25, -0.2) is 9.18 Å². The first-order chi connectivity index (χ1) is 11.5. The van der Waals surface area contributed by atoms with Crippen molar-refractivity contribution in [3.8, 4) is 0 Å². The molecule has 0 spiro atoms. The first kappa shape index (κ1) is 17.1. The third-order valence-electron chi connectivity index (χ3n) is 3.73. The van der Waals surface area contributed by atoms with Crippen LogP contribution in [-0.4, -0.2) is 49.2 Å². The average molecular weight is 372 g/mol. The molecular formula is C16H15ClFNO4S. The van der Waals surface area contributed by atoms with Crippen molar-refractivity contribution in [2.75, 3.05) is 26.3 Å². The summed E-state index contributed by atoms with van der Waals surface area (Å²) in [4.78, 5) is 26.4. The van der Waals surface area contributed by atoms with E-state index in [1.165, 1.54) is 25.1 Å². The van der Waals surface area contributed by atoms with Crippen molar-refractivity contribution in [2.45, 2.75) is 13.0 Å². The summed E-state index contributed by atoms with van der Waals surface area (Å²) in [5.41, 5.74) is 0. The molecule has 1 aromatic carbocycles. The van der Waals surface area contributed by atoms with E-state index in [1.54, 1.807) is 4.90 Å². The van der Waals surface area contributed by atoms with Gasteiger partial charge in [0.25, 0.3) is 5.91 Å². The van der Waals surface area contributed by atoms with Crippen LogP contribution in [0.15, 0.2) is 18.2 Å². The Hall–Kier alpha value is -1.70. The Labute approximate surface area is 146 Å². The summed E-state index contributed by atoms with van der Waals surface area (Å²) in [6, 6.07) is 4.11. The van der Waals surface area contributed by atoms with Crippen LogP contribution in [0.1, 0.15) is 16.6 Å². The second kappa shape index (κ2) is 7.04. The van der Waals surface area contributed by atoms with Gasteiger partial charge in [-0.15, -0.1) is 11.3 Å². The first-order valence-electron chi connectivity index (χ1n) is 7.42. The Morgan fingerprint density at radius 1 is 1.38 bits per heavy atom. The molecular weight excluding hydrogens is 357 g/mol. The van der Waals surface area contributed by atoms with E-state index >= 15 is 0 Å². The van der Waals surface area contributed by atoms with Gasteiger partial charge in [0.15, 0.2) is 6.10 Å². The predicted molar refractivity (Wildman–Crippen MR) is 89.1 cm³/mol. The molecule has 1 aliphatic heterocycles. The minimum absolute atomic E-state index is 0.166. The van der Waals surface area contributed by atoms with Crippen LogP contribution in [0.3, 0.4) is 0 Å². The molecule has 0 bridgehead atoms. The van der Waals surface area contributed by atoms with Gasteiger partial charge in [0, 0.05) is 23.2 Å². The fourth-order valence-corrected chi connectivity index (χ4v) is 3.89. The Bertz CT molecular complexity index is 788. The van der Waals surface area contributed by atoms with Gasteiger partial charge in [0.05, 0.1) is 18.2 Å². The number of esters is 1. The number of carbonyl (C=O) groups is 2. The van der Waals surface area contributed by atoms with Crippen molar-refractivity contribution in [1.82, 2.24) is 4.90 Å². The molecule has 1 amide bonds. The number of thiophene rings is 1. The molecule has 1 aliphatic rings. The zero-order chi connectivity index (χ0) is 17.3. The number of amides is 1. The Morgan fingerprint density at radius 2 is 2.08 bits per heavy atom. The van der Waals surface area contributed by atoms with E-state index in [4.69, 9.17) is 21.1 Å². The van der Waals surface area contributed by atoms with E-state index in [0.717, 1.165) is 11.3 Å². The molecule has 1 fully saturated rings. The summed E-state index contributed by atoms with van der Waals surface area (Å²) in [6.45, 7) is 3.42. The average Bonchev–Trinajstić information content (AvgIpc) is 2.91. The molecule has 1 saturated heterocycles. The quantitative estimate of drug-likeness (QED) is 0.778. The molecule has 2 heterocycles. The highest BCUT2D eigenvalue weighted by atomic mass is 35.5. The highest BCUT2D eigenvalue weighted by Crippen LogP contribution is 2.36. The van der Waals surface area contributed by atoms with Crippen molar-refractivity contribution in [1.29, 1.82) is 0 Å². The monoisotopic (exact) mass is 371 g/mol. The first-order valence-corrected chi connectivity index (χ1v) is 8.62. The fraction of sp³-hybridized carbons (Fsp3) is 0.375. The molecule has 0 saturated carbocycles. The maximum absolute atomic E-state index is 13.3. The van der Waals surface area contributed by atoms with Crippen molar-refractivity contribution < 1.29 is 23.5 Å². The maximum atomic E-state index is 13.3. The lowest BCUT2D eigenvalue weighted by molar-refractivity contribution is -0.143. The van der Waals surface area contributed by atoms with Crippen LogP contribution < -0.4 is 0 Å². The number of hydrogen-bond donors (Lipinski definition) is 0. The van der Waals surface area contributed by atoms with E-state index < -0.39 is 17.9 Å². The van der Waals surface area contributed by atoms with Gasteiger partial charge in [-0.2, -0.15) is 0 Å². The molecule has 2 aromatic rings. The van der Waals surface area contributed by atoms with E-state index in [-0.39, 0.29) is 15.8 Å². The number of ether oxygens (including phenoxy) is 2. The molecule has 8 heteroatoms. The number of rotatable bonds is 3. The lowest BCUT2D eigenvalue weighted by Crippen LogP contribution is -2.46. The number of nitrogens with zero attached hydrogens (tertiary/aromatic N) is 1. The summed E-state index contributed by atoms with van der Waals surface area (Å²) in [6.07, 6.45) is -0.923. The van der Waals surface area contributed by atoms with Gasteiger partial charge in [0.1, 0.15) is 10.7 Å². The van der Waals surface area contributed by atoms with E-state index in [2.05, 4.69) is 0 Å². The number of hydrogen-bond acceptors (Lipinski definition) is 5. The predicted octanol–water partition coefficient (Wildman–Crippen LogP) is 3.10. The third kappa shape index (κ3) is 3.38. The molecule has 128 valence electrons. The number of fused-ring (bicyclic) bond motifs is 1. The molecule has 3 rings (SSSR count). The summed E-state index contributed by atoms with van der Waals surface area (Å²) in [7, 11) is 0. The van der Waals surface area contributed by atoms with E-state index in [1.807, 2.05) is 0 Å². The van der Waals surface area contributed by atoms with Crippen LogP contribution in [0.2, 0.25) is 5.02 Å². The molecule has 0 aliphatic carbocycles. The molecule has 1 unspecified atom stereocenters. The Kier molecular flexibility index (Phi) is 5.03. The maximum Gasteiger partial charge on any atom is 0.350 e. The molecule has 1 aromatic heterocycles. The highest BCUT2D eigenvalue weighted by molar-refractivity contribution is 7.21. The van der Waals surface area contributed by atoms with Crippen molar-refractivity contribution in [3.05, 3.63) is 33.9 Å². The molecule has 0 radical (unpaired) electrons. The van der Waals surface area contributed by atoms with Gasteiger partial charge < -0.3 is 14.4 Å². The normalized spacial score (nSPS) is 16.2. The van der Waals surface area contributed by atoms with Crippen LogP contribution in [0.25, 0.3) is 10.1 Å². The second-order valence-electron chi connectivity index (χ2n) is 5.37. The highest BCUT2D eigenvalue weighted by Gasteiger charge is 2.27. The molecule has 24 heavy (non-hydrogen) atoms. The van der Waals surface area contributed by atoms with Gasteiger partial charge in [-0.1, -0.05) is 11.6 Å². The lowest BCUT2D eigenvalue weighted by Gasteiger charge is -2.28. The minimum atomic E-state index is -0.923. The standard InChI is InChI=1S/C16H15ClFNO4S/c1-9(15(20)19-4-6-22-7-5-19)23-16(21)14-13(17)11-3-2-10(18)8-12(11)24-14/h2-3,8-9H,4-7H2,1H3. The van der Waals surface area contributed by atoms with Crippen LogP contribution in [0.4, 0.5) is 4.39 Å². The van der Waals surface area contributed by atoms with Crippen LogP contribution in [0.5, 0.6) is 0 Å². The number of carbonyl (C=O) groups excluding carboxylic acids is 2. The minimum Gasteiger partial charge on any atom is -0.448 e. The summed E-state index contributed by atoms with van der Waals surface area (Å²) >= 11 is 7.24. The Morgan fingerprint density at radius 3 is 2.79 bits per heavy atom. The van der Waals surface area contributed by atoms with Crippen LogP contribution in [-0.2, 0) is 14.3 Å². The summed E-state index contributed by atoms with van der Waals surface area (Å²) in [5.74, 6) is -1.36. The largest absolute Gasteiger partial charge is 0.448 e. The van der Waals surface area contributed by atoms with Crippen LogP contribution in [0, 0.1) is 5.82 Å². The molecule has 0 N–H and O–H groups in total. The SMILES string of the molecule is CC(OC(=O)c1sc2cc(F)ccc2c1Cl)C(=O)N1CCOCC1. The van der Waals surface area contributed by atoms with E-state index in [0.29, 0.717) is 36.4 Å². The zero-order valence-corrected chi connectivity index (χ0v) is 14.5. The Balaban J connectivity index is 1.74. The van der Waals surface area contributed by atoms with Crippen molar-refractivity contribution >= 4 is 44.9 Å². The van der Waals surface area contributed by atoms with Crippen LogP contribution >= 0.6 is 22.9 Å². The lowest BCUT2D eigenvalue weighted by atomic mass is 10.2. The number of morpholine rings is 1. The number of halogens is 2. The van der Waals surface area contributed by atoms with Gasteiger partial charge >= 0.3 is 5.97 Å².